The molecule has 0 saturated heterocycles. The second kappa shape index (κ2) is 8.82. The molecule has 1 rings (SSSR count). The van der Waals surface area contributed by atoms with Crippen LogP contribution < -0.4 is 10.2 Å². The van der Waals surface area contributed by atoms with Crippen LogP contribution in [0.5, 0.6) is 0 Å². The zero-order valence-electron chi connectivity index (χ0n) is 12.5. The van der Waals surface area contributed by atoms with E-state index in [0.717, 1.165) is 37.6 Å². The maximum Gasteiger partial charge on any atom is 0.147 e. The fraction of sp³-hybridized carbons (Fsp3) is 0.714. The van der Waals surface area contributed by atoms with Crippen LogP contribution in [0.1, 0.15) is 32.9 Å². The van der Waals surface area contributed by atoms with Crippen molar-refractivity contribution in [2.24, 2.45) is 0 Å². The van der Waals surface area contributed by atoms with E-state index in [2.05, 4.69) is 41.0 Å². The van der Waals surface area contributed by atoms with E-state index in [0.29, 0.717) is 12.6 Å². The second-order valence-electron chi connectivity index (χ2n) is 4.64. The predicted octanol–water partition coefficient (Wildman–Crippen LogP) is 1.84. The molecule has 0 bridgehead atoms. The van der Waals surface area contributed by atoms with Crippen LogP contribution in [-0.2, 0) is 11.3 Å². The summed E-state index contributed by atoms with van der Waals surface area (Å²) in [5.41, 5.74) is 0.981. The molecule has 0 fully saturated rings. The third kappa shape index (κ3) is 5.12. The maximum absolute atomic E-state index is 5.22. The third-order valence-corrected chi connectivity index (χ3v) is 2.98. The van der Waals surface area contributed by atoms with Gasteiger partial charge >= 0.3 is 0 Å². The molecule has 108 valence electrons. The first kappa shape index (κ1) is 15.9. The van der Waals surface area contributed by atoms with E-state index in [4.69, 9.17) is 4.74 Å². The molecule has 0 aromatic carbocycles. The normalized spacial score (nSPS) is 12.4. The standard InChI is InChI=1S/C14H26N4O/c1-5-7-15-8-13-9-16-10-14(17-13)18(6-2)12(3)11-19-4/h9-10,12,15H,5-8,11H2,1-4H3. The molecule has 1 heterocycles. The number of ether oxygens (including phenoxy) is 1. The summed E-state index contributed by atoms with van der Waals surface area (Å²) >= 11 is 0. The van der Waals surface area contributed by atoms with Crippen molar-refractivity contribution >= 4 is 5.82 Å². The molecular weight excluding hydrogens is 240 g/mol. The fourth-order valence-corrected chi connectivity index (χ4v) is 2.04. The van der Waals surface area contributed by atoms with Gasteiger partial charge in [0.25, 0.3) is 0 Å². The van der Waals surface area contributed by atoms with Gasteiger partial charge in [0.05, 0.1) is 24.5 Å². The van der Waals surface area contributed by atoms with Gasteiger partial charge in [-0.1, -0.05) is 6.92 Å². The Kier molecular flexibility index (Phi) is 7.36. The highest BCUT2D eigenvalue weighted by Gasteiger charge is 2.14. The van der Waals surface area contributed by atoms with Gasteiger partial charge in [-0.3, -0.25) is 4.98 Å². The van der Waals surface area contributed by atoms with Gasteiger partial charge in [-0.05, 0) is 26.8 Å². The molecule has 1 atom stereocenters. The molecular formula is C14H26N4O. The van der Waals surface area contributed by atoms with E-state index in [1.54, 1.807) is 7.11 Å². The first-order valence-corrected chi connectivity index (χ1v) is 7.00. The molecule has 0 saturated carbocycles. The molecule has 5 heteroatoms. The fourth-order valence-electron chi connectivity index (χ4n) is 2.04. The average Bonchev–Trinajstić information content (AvgIpc) is 2.41. The lowest BCUT2D eigenvalue weighted by Gasteiger charge is -2.28. The summed E-state index contributed by atoms with van der Waals surface area (Å²) in [5.74, 6) is 0.919. The topological polar surface area (TPSA) is 50.3 Å². The quantitative estimate of drug-likeness (QED) is 0.691. The average molecular weight is 266 g/mol. The molecule has 5 nitrogen and oxygen atoms in total. The number of rotatable bonds is 9. The Morgan fingerprint density at radius 3 is 2.79 bits per heavy atom. The molecule has 0 spiro atoms. The van der Waals surface area contributed by atoms with Crippen LogP contribution in [0.15, 0.2) is 12.4 Å². The molecule has 0 aliphatic carbocycles. The van der Waals surface area contributed by atoms with Crippen molar-refractivity contribution in [1.29, 1.82) is 0 Å². The van der Waals surface area contributed by atoms with Gasteiger partial charge in [0.2, 0.25) is 0 Å². The van der Waals surface area contributed by atoms with Gasteiger partial charge in [-0.25, -0.2) is 4.98 Å². The summed E-state index contributed by atoms with van der Waals surface area (Å²) in [6.45, 7) is 9.76. The van der Waals surface area contributed by atoms with Crippen LogP contribution in [0.25, 0.3) is 0 Å². The first-order chi connectivity index (χ1) is 9.22. The van der Waals surface area contributed by atoms with Crippen LogP contribution in [0, 0.1) is 0 Å². The minimum atomic E-state index is 0.295. The molecule has 1 aromatic heterocycles. The Hall–Kier alpha value is -1.20. The second-order valence-corrected chi connectivity index (χ2v) is 4.64. The van der Waals surface area contributed by atoms with Crippen molar-refractivity contribution in [3.05, 3.63) is 18.1 Å². The zero-order chi connectivity index (χ0) is 14.1. The highest BCUT2D eigenvalue weighted by molar-refractivity contribution is 5.37. The summed E-state index contributed by atoms with van der Waals surface area (Å²) in [6.07, 6.45) is 4.76. The van der Waals surface area contributed by atoms with E-state index < -0.39 is 0 Å². The number of aromatic nitrogens is 2. The van der Waals surface area contributed by atoms with Gasteiger partial charge in [0.15, 0.2) is 0 Å². The monoisotopic (exact) mass is 266 g/mol. The molecule has 1 aromatic rings. The Morgan fingerprint density at radius 2 is 2.16 bits per heavy atom. The minimum Gasteiger partial charge on any atom is -0.383 e. The van der Waals surface area contributed by atoms with Crippen LogP contribution in [-0.4, -0.2) is 42.8 Å². The molecule has 0 amide bonds. The zero-order valence-corrected chi connectivity index (χ0v) is 12.5. The summed E-state index contributed by atoms with van der Waals surface area (Å²) in [7, 11) is 1.72. The lowest BCUT2D eigenvalue weighted by molar-refractivity contribution is 0.181. The lowest BCUT2D eigenvalue weighted by Crippen LogP contribution is -2.37. The third-order valence-electron chi connectivity index (χ3n) is 2.98. The van der Waals surface area contributed by atoms with Crippen molar-refractivity contribution in [3.8, 4) is 0 Å². The molecule has 19 heavy (non-hydrogen) atoms. The molecule has 0 aliphatic rings. The summed E-state index contributed by atoms with van der Waals surface area (Å²) in [4.78, 5) is 11.2. The highest BCUT2D eigenvalue weighted by Crippen LogP contribution is 2.13. The maximum atomic E-state index is 5.22. The largest absolute Gasteiger partial charge is 0.383 e. The molecule has 1 N–H and O–H groups in total. The number of methoxy groups -OCH3 is 1. The van der Waals surface area contributed by atoms with E-state index in [1.165, 1.54) is 0 Å². The Balaban J connectivity index is 2.72. The number of likely N-dealkylation sites (N-methyl/N-ethyl adjacent to an activating group) is 1. The number of nitrogens with zero attached hydrogens (tertiary/aromatic N) is 3. The number of hydrogen-bond acceptors (Lipinski definition) is 5. The predicted molar refractivity (Wildman–Crippen MR) is 78.4 cm³/mol. The summed E-state index contributed by atoms with van der Waals surface area (Å²) in [5, 5.41) is 3.34. The van der Waals surface area contributed by atoms with Gasteiger partial charge in [-0.15, -0.1) is 0 Å². The van der Waals surface area contributed by atoms with Crippen molar-refractivity contribution in [3.63, 3.8) is 0 Å². The SMILES string of the molecule is CCCNCc1cncc(N(CC)C(C)COC)n1. The van der Waals surface area contributed by atoms with Gasteiger partial charge in [0.1, 0.15) is 5.82 Å². The van der Waals surface area contributed by atoms with Gasteiger partial charge in [0, 0.05) is 26.4 Å². The van der Waals surface area contributed by atoms with Crippen LogP contribution in [0.2, 0.25) is 0 Å². The van der Waals surface area contributed by atoms with Crippen LogP contribution >= 0.6 is 0 Å². The smallest absolute Gasteiger partial charge is 0.147 e. The number of anilines is 1. The van der Waals surface area contributed by atoms with Crippen LogP contribution in [0.4, 0.5) is 5.82 Å². The Labute approximate surface area is 116 Å². The molecule has 0 radical (unpaired) electrons. The van der Waals surface area contributed by atoms with E-state index in [-0.39, 0.29) is 0 Å². The summed E-state index contributed by atoms with van der Waals surface area (Å²) in [6, 6.07) is 0.295. The van der Waals surface area contributed by atoms with E-state index in [9.17, 15) is 0 Å². The number of nitrogens with one attached hydrogen (secondary N) is 1. The van der Waals surface area contributed by atoms with Crippen molar-refractivity contribution in [2.75, 3.05) is 31.7 Å². The van der Waals surface area contributed by atoms with Crippen LogP contribution in [0.3, 0.4) is 0 Å². The summed E-state index contributed by atoms with van der Waals surface area (Å²) < 4.78 is 5.22. The molecule has 1 unspecified atom stereocenters. The molecule has 0 aliphatic heterocycles. The lowest BCUT2D eigenvalue weighted by atomic mass is 10.3. The van der Waals surface area contributed by atoms with Crippen molar-refractivity contribution < 1.29 is 4.74 Å². The Morgan fingerprint density at radius 1 is 1.37 bits per heavy atom. The van der Waals surface area contributed by atoms with Gasteiger partial charge in [-0.2, -0.15) is 0 Å². The van der Waals surface area contributed by atoms with Crippen molar-refractivity contribution in [2.45, 2.75) is 39.8 Å². The number of hydrogen-bond donors (Lipinski definition) is 1. The van der Waals surface area contributed by atoms with E-state index in [1.807, 2.05) is 12.4 Å². The Bertz CT molecular complexity index is 359. The first-order valence-electron chi connectivity index (χ1n) is 7.00. The van der Waals surface area contributed by atoms with E-state index >= 15 is 0 Å². The van der Waals surface area contributed by atoms with Gasteiger partial charge < -0.3 is 15.0 Å². The minimum absolute atomic E-state index is 0.295. The highest BCUT2D eigenvalue weighted by atomic mass is 16.5. The van der Waals surface area contributed by atoms with Crippen molar-refractivity contribution in [1.82, 2.24) is 15.3 Å².